The Hall–Kier alpha value is -1.06. The van der Waals surface area contributed by atoms with Crippen molar-refractivity contribution in [3.8, 4) is 0 Å². The molecule has 18 heavy (non-hydrogen) atoms. The van der Waals surface area contributed by atoms with E-state index in [1.54, 1.807) is 0 Å². The molecular weight excluding hydrogens is 228 g/mol. The van der Waals surface area contributed by atoms with E-state index in [1.807, 2.05) is 18.7 Å². The first-order valence-corrected chi connectivity index (χ1v) is 7.18. The average Bonchev–Trinajstić information content (AvgIpc) is 3.18. The molecule has 0 aromatic rings. The lowest BCUT2D eigenvalue weighted by Crippen LogP contribution is -2.70. The molecule has 0 radical (unpaired) electrons. The van der Waals surface area contributed by atoms with Crippen LogP contribution in [0.4, 0.5) is 0 Å². The molecule has 2 unspecified atom stereocenters. The Balaban J connectivity index is 2.24. The van der Waals surface area contributed by atoms with Crippen molar-refractivity contribution in [1.29, 1.82) is 0 Å². The molecule has 1 saturated carbocycles. The number of nitrogens with zero attached hydrogens (tertiary/aromatic N) is 1. The molecular formula is C14H24N2O2. The Morgan fingerprint density at radius 3 is 2.50 bits per heavy atom. The molecule has 102 valence electrons. The van der Waals surface area contributed by atoms with Crippen molar-refractivity contribution in [3.05, 3.63) is 0 Å². The maximum Gasteiger partial charge on any atom is 0.246 e. The van der Waals surface area contributed by atoms with Crippen LogP contribution in [0.1, 0.15) is 52.9 Å². The molecule has 1 aliphatic carbocycles. The molecule has 2 atom stereocenters. The quantitative estimate of drug-likeness (QED) is 0.809. The van der Waals surface area contributed by atoms with Gasteiger partial charge in [0.25, 0.3) is 0 Å². The topological polar surface area (TPSA) is 49.4 Å². The molecule has 1 N–H and O–H groups in total. The number of carbonyl (C=O) groups excluding carboxylic acids is 2. The fraction of sp³-hybridized carbons (Fsp3) is 0.857. The van der Waals surface area contributed by atoms with Gasteiger partial charge in [0.1, 0.15) is 11.6 Å². The van der Waals surface area contributed by atoms with Crippen molar-refractivity contribution < 1.29 is 9.59 Å². The summed E-state index contributed by atoms with van der Waals surface area (Å²) in [6.07, 6.45) is 4.82. The van der Waals surface area contributed by atoms with Crippen molar-refractivity contribution in [2.24, 2.45) is 5.92 Å². The highest BCUT2D eigenvalue weighted by Crippen LogP contribution is 2.45. The maximum absolute atomic E-state index is 12.5. The van der Waals surface area contributed by atoms with Crippen LogP contribution in [-0.2, 0) is 9.59 Å². The second-order valence-electron chi connectivity index (χ2n) is 5.70. The fourth-order valence-electron chi connectivity index (χ4n) is 2.89. The summed E-state index contributed by atoms with van der Waals surface area (Å²) in [5.74, 6) is 0.517. The first-order chi connectivity index (χ1) is 8.55. The highest BCUT2D eigenvalue weighted by atomic mass is 16.2. The van der Waals surface area contributed by atoms with Crippen LogP contribution in [0, 0.1) is 5.92 Å². The highest BCUT2D eigenvalue weighted by molar-refractivity contribution is 6.00. The lowest BCUT2D eigenvalue weighted by molar-refractivity contribution is -0.158. The Kier molecular flexibility index (Phi) is 3.64. The van der Waals surface area contributed by atoms with Crippen LogP contribution in [0.15, 0.2) is 0 Å². The molecule has 0 spiro atoms. The number of amides is 2. The van der Waals surface area contributed by atoms with E-state index < -0.39 is 5.54 Å². The van der Waals surface area contributed by atoms with Crippen molar-refractivity contribution in [2.45, 2.75) is 64.5 Å². The van der Waals surface area contributed by atoms with Gasteiger partial charge in [0.05, 0.1) is 0 Å². The van der Waals surface area contributed by atoms with Crippen molar-refractivity contribution in [3.63, 3.8) is 0 Å². The molecule has 1 aliphatic heterocycles. The van der Waals surface area contributed by atoms with Gasteiger partial charge in [0, 0.05) is 6.54 Å². The summed E-state index contributed by atoms with van der Waals surface area (Å²) in [6, 6.07) is -0.318. The maximum atomic E-state index is 12.5. The zero-order chi connectivity index (χ0) is 13.3. The van der Waals surface area contributed by atoms with E-state index in [0.717, 1.165) is 25.7 Å². The smallest absolute Gasteiger partial charge is 0.246 e. The summed E-state index contributed by atoms with van der Waals surface area (Å²) in [7, 11) is 0. The summed E-state index contributed by atoms with van der Waals surface area (Å²) in [6.45, 7) is 6.71. The molecule has 2 amide bonds. The lowest BCUT2D eigenvalue weighted by Gasteiger charge is -2.46. The number of unbranched alkanes of at least 4 members (excludes halogenated alkanes) is 1. The van der Waals surface area contributed by atoms with Crippen molar-refractivity contribution >= 4 is 11.8 Å². The van der Waals surface area contributed by atoms with Crippen LogP contribution in [0.25, 0.3) is 0 Å². The normalized spacial score (nSPS) is 32.6. The Morgan fingerprint density at radius 2 is 2.00 bits per heavy atom. The average molecular weight is 252 g/mol. The Labute approximate surface area is 109 Å². The van der Waals surface area contributed by atoms with Gasteiger partial charge in [-0.25, -0.2) is 0 Å². The molecule has 2 rings (SSSR count). The standard InChI is InChI=1S/C14H24N2O2/c1-4-6-9-16-12(17)11(5-2)15-13(18)14(16,3)10-7-8-10/h10-11H,4-9H2,1-3H3,(H,15,18). The van der Waals surface area contributed by atoms with Crippen molar-refractivity contribution in [1.82, 2.24) is 10.2 Å². The predicted molar refractivity (Wildman–Crippen MR) is 70.0 cm³/mol. The van der Waals surface area contributed by atoms with E-state index in [9.17, 15) is 9.59 Å². The first kappa shape index (κ1) is 13.4. The van der Waals surface area contributed by atoms with Gasteiger partial charge in [-0.15, -0.1) is 0 Å². The zero-order valence-electron chi connectivity index (χ0n) is 11.7. The van der Waals surface area contributed by atoms with Crippen LogP contribution in [0.3, 0.4) is 0 Å². The van der Waals surface area contributed by atoms with Gasteiger partial charge < -0.3 is 10.2 Å². The van der Waals surface area contributed by atoms with Crippen LogP contribution in [-0.4, -0.2) is 34.8 Å². The second-order valence-corrected chi connectivity index (χ2v) is 5.70. The molecule has 2 aliphatic rings. The fourth-order valence-corrected chi connectivity index (χ4v) is 2.89. The Bertz CT molecular complexity index is 352. The van der Waals surface area contributed by atoms with E-state index in [-0.39, 0.29) is 17.9 Å². The van der Waals surface area contributed by atoms with Gasteiger partial charge in [-0.1, -0.05) is 20.3 Å². The molecule has 4 nitrogen and oxygen atoms in total. The monoisotopic (exact) mass is 252 g/mol. The summed E-state index contributed by atoms with van der Waals surface area (Å²) in [4.78, 5) is 26.7. The third kappa shape index (κ3) is 2.02. The molecule has 1 heterocycles. The molecule has 0 bridgehead atoms. The summed E-state index contributed by atoms with van der Waals surface area (Å²) >= 11 is 0. The van der Waals surface area contributed by atoms with E-state index in [2.05, 4.69) is 12.2 Å². The third-order valence-electron chi connectivity index (χ3n) is 4.41. The largest absolute Gasteiger partial charge is 0.342 e. The van der Waals surface area contributed by atoms with Crippen molar-refractivity contribution in [2.75, 3.05) is 6.54 Å². The minimum Gasteiger partial charge on any atom is -0.342 e. The minimum absolute atomic E-state index is 0.0487. The van der Waals surface area contributed by atoms with Crippen LogP contribution in [0.5, 0.6) is 0 Å². The summed E-state index contributed by atoms with van der Waals surface area (Å²) in [5, 5.41) is 2.90. The van der Waals surface area contributed by atoms with E-state index in [0.29, 0.717) is 18.9 Å². The molecule has 0 aromatic heterocycles. The van der Waals surface area contributed by atoms with E-state index in [1.165, 1.54) is 0 Å². The van der Waals surface area contributed by atoms with Gasteiger partial charge in [-0.2, -0.15) is 0 Å². The molecule has 0 aromatic carbocycles. The number of piperazine rings is 1. The number of hydrogen-bond donors (Lipinski definition) is 1. The summed E-state index contributed by atoms with van der Waals surface area (Å²) < 4.78 is 0. The third-order valence-corrected chi connectivity index (χ3v) is 4.41. The SMILES string of the molecule is CCCCN1C(=O)C(CC)NC(=O)C1(C)C1CC1. The molecule has 4 heteroatoms. The number of carbonyl (C=O) groups is 2. The second kappa shape index (κ2) is 4.90. The number of hydrogen-bond acceptors (Lipinski definition) is 2. The predicted octanol–water partition coefficient (Wildman–Crippen LogP) is 1.69. The van der Waals surface area contributed by atoms with Gasteiger partial charge in [0.2, 0.25) is 11.8 Å². The molecule has 1 saturated heterocycles. The summed E-state index contributed by atoms with van der Waals surface area (Å²) in [5.41, 5.74) is -0.599. The van der Waals surface area contributed by atoms with Gasteiger partial charge in [-0.05, 0) is 38.5 Å². The van der Waals surface area contributed by atoms with Crippen LogP contribution >= 0.6 is 0 Å². The molecule has 2 fully saturated rings. The number of rotatable bonds is 5. The lowest BCUT2D eigenvalue weighted by atomic mass is 9.87. The van der Waals surface area contributed by atoms with Gasteiger partial charge >= 0.3 is 0 Å². The highest BCUT2D eigenvalue weighted by Gasteiger charge is 2.56. The van der Waals surface area contributed by atoms with E-state index >= 15 is 0 Å². The van der Waals surface area contributed by atoms with Crippen LogP contribution in [0.2, 0.25) is 0 Å². The Morgan fingerprint density at radius 1 is 1.33 bits per heavy atom. The van der Waals surface area contributed by atoms with Gasteiger partial charge in [-0.3, -0.25) is 9.59 Å². The first-order valence-electron chi connectivity index (χ1n) is 7.18. The zero-order valence-corrected chi connectivity index (χ0v) is 11.7. The minimum atomic E-state index is -0.599. The van der Waals surface area contributed by atoms with Gasteiger partial charge in [0.15, 0.2) is 0 Å². The van der Waals surface area contributed by atoms with Crippen LogP contribution < -0.4 is 5.32 Å². The number of nitrogens with one attached hydrogen (secondary N) is 1. The van der Waals surface area contributed by atoms with E-state index in [4.69, 9.17) is 0 Å².